The van der Waals surface area contributed by atoms with E-state index >= 15 is 0 Å². The summed E-state index contributed by atoms with van der Waals surface area (Å²) in [5.74, 6) is 0.698. The number of carboxylic acids is 1. The highest BCUT2D eigenvalue weighted by Crippen LogP contribution is 2.21. The number of carboxylic acid groups (broad SMARTS) is 1. The number of para-hydroxylation sites is 1. The van der Waals surface area contributed by atoms with E-state index in [2.05, 4.69) is 37.6 Å². The number of fused-ring (bicyclic) bond motifs is 2. The van der Waals surface area contributed by atoms with Gasteiger partial charge >= 0.3 is 5.97 Å². The molecule has 38 heavy (non-hydrogen) atoms. The summed E-state index contributed by atoms with van der Waals surface area (Å²) in [5, 5.41) is 17.2. The van der Waals surface area contributed by atoms with Crippen LogP contribution in [-0.2, 0) is 22.4 Å². The highest BCUT2D eigenvalue weighted by molar-refractivity contribution is 5.90. The molecule has 0 spiro atoms. The van der Waals surface area contributed by atoms with E-state index in [1.54, 1.807) is 7.11 Å². The molecule has 11 heteroatoms. The first-order valence-corrected chi connectivity index (χ1v) is 12.8. The van der Waals surface area contributed by atoms with Crippen LogP contribution in [0.2, 0.25) is 0 Å². The van der Waals surface area contributed by atoms with Crippen molar-refractivity contribution >= 4 is 53.3 Å². The van der Waals surface area contributed by atoms with Gasteiger partial charge in [-0.2, -0.15) is 0 Å². The fraction of sp³-hybridized carbons (Fsp3) is 0.481. The summed E-state index contributed by atoms with van der Waals surface area (Å²) >= 11 is 0. The zero-order valence-electron chi connectivity index (χ0n) is 21.8. The standard InChI is InChI=1S/C27H36N6O3.2ClH/c1-36-18-17-33(15-5-4-8-21-12-11-20-7-6-14-28-25(20)31-21)16-13-24(27(34)35)32-26-22-9-2-3-10-23(22)29-19-30-26;;/h2-3,9-12,19,24H,4-8,13-18H2,1H3,(H,28,31)(H,34,35)(H,29,30,32);2*1H/t24-;;/m0../s1. The van der Waals surface area contributed by atoms with E-state index in [-0.39, 0.29) is 24.8 Å². The third-order valence-corrected chi connectivity index (χ3v) is 6.61. The van der Waals surface area contributed by atoms with Crippen molar-refractivity contribution in [1.82, 2.24) is 19.9 Å². The minimum absolute atomic E-state index is 0. The first-order valence-electron chi connectivity index (χ1n) is 12.8. The van der Waals surface area contributed by atoms with Gasteiger partial charge in [0.25, 0.3) is 0 Å². The van der Waals surface area contributed by atoms with E-state index in [1.807, 2.05) is 24.3 Å². The molecule has 0 amide bonds. The van der Waals surface area contributed by atoms with Crippen LogP contribution in [0.3, 0.4) is 0 Å². The zero-order chi connectivity index (χ0) is 25.2. The number of aromatic nitrogens is 3. The molecule has 0 bridgehead atoms. The fourth-order valence-electron chi connectivity index (χ4n) is 4.56. The topological polar surface area (TPSA) is 113 Å². The van der Waals surface area contributed by atoms with Crippen molar-refractivity contribution in [3.8, 4) is 0 Å². The third kappa shape index (κ3) is 8.94. The monoisotopic (exact) mass is 564 g/mol. The Bertz CT molecular complexity index is 1150. The van der Waals surface area contributed by atoms with Gasteiger partial charge in [0.15, 0.2) is 0 Å². The fourth-order valence-corrected chi connectivity index (χ4v) is 4.56. The van der Waals surface area contributed by atoms with Crippen molar-refractivity contribution in [1.29, 1.82) is 0 Å². The maximum absolute atomic E-state index is 12.0. The van der Waals surface area contributed by atoms with Gasteiger partial charge in [-0.05, 0) is 68.8 Å². The van der Waals surface area contributed by atoms with E-state index < -0.39 is 12.0 Å². The predicted molar refractivity (Wildman–Crippen MR) is 156 cm³/mol. The summed E-state index contributed by atoms with van der Waals surface area (Å²) < 4.78 is 5.29. The molecule has 3 heterocycles. The Morgan fingerprint density at radius 2 is 1.97 bits per heavy atom. The summed E-state index contributed by atoms with van der Waals surface area (Å²) in [7, 11) is 1.69. The number of carbonyl (C=O) groups is 1. The van der Waals surface area contributed by atoms with Crippen LogP contribution in [0.15, 0.2) is 42.7 Å². The number of hydrogen-bond donors (Lipinski definition) is 3. The van der Waals surface area contributed by atoms with Crippen molar-refractivity contribution in [3.05, 3.63) is 54.0 Å². The van der Waals surface area contributed by atoms with Gasteiger partial charge in [0.1, 0.15) is 24.0 Å². The summed E-state index contributed by atoms with van der Waals surface area (Å²) in [5.41, 5.74) is 3.22. The second kappa shape index (κ2) is 16.3. The van der Waals surface area contributed by atoms with Crippen LogP contribution in [0.1, 0.15) is 36.9 Å². The second-order valence-corrected chi connectivity index (χ2v) is 9.20. The number of unbranched alkanes of at least 4 members (excludes halogenated alkanes) is 1. The van der Waals surface area contributed by atoms with Crippen LogP contribution >= 0.6 is 24.8 Å². The molecule has 0 radical (unpaired) electrons. The number of pyridine rings is 1. The summed E-state index contributed by atoms with van der Waals surface area (Å²) in [6, 6.07) is 11.2. The van der Waals surface area contributed by atoms with Gasteiger partial charge in [-0.25, -0.2) is 19.7 Å². The zero-order valence-corrected chi connectivity index (χ0v) is 23.4. The Morgan fingerprint density at radius 1 is 1.13 bits per heavy atom. The molecule has 0 aliphatic carbocycles. The Labute approximate surface area is 236 Å². The average Bonchev–Trinajstić information content (AvgIpc) is 2.91. The number of nitrogens with zero attached hydrogens (tertiary/aromatic N) is 4. The number of aryl methyl sites for hydroxylation is 2. The van der Waals surface area contributed by atoms with E-state index in [0.717, 1.165) is 67.7 Å². The lowest BCUT2D eigenvalue weighted by atomic mass is 10.1. The molecule has 208 valence electrons. The SMILES string of the molecule is COCCN(CCCCc1ccc2c(n1)NCCC2)CC[C@H](Nc1ncnc2ccccc12)C(=O)O.Cl.Cl. The molecule has 0 fully saturated rings. The summed E-state index contributed by atoms with van der Waals surface area (Å²) in [6.07, 6.45) is 7.16. The highest BCUT2D eigenvalue weighted by atomic mass is 35.5. The largest absolute Gasteiger partial charge is 0.480 e. The van der Waals surface area contributed by atoms with Crippen molar-refractivity contribution < 1.29 is 14.6 Å². The average molecular weight is 566 g/mol. The highest BCUT2D eigenvalue weighted by Gasteiger charge is 2.20. The van der Waals surface area contributed by atoms with Crippen LogP contribution in [0.4, 0.5) is 11.6 Å². The van der Waals surface area contributed by atoms with Crippen molar-refractivity contribution in [2.45, 2.75) is 44.6 Å². The van der Waals surface area contributed by atoms with E-state index in [1.165, 1.54) is 18.3 Å². The molecule has 2 aromatic heterocycles. The Morgan fingerprint density at radius 3 is 2.79 bits per heavy atom. The van der Waals surface area contributed by atoms with Crippen molar-refractivity contribution in [3.63, 3.8) is 0 Å². The molecule has 9 nitrogen and oxygen atoms in total. The van der Waals surface area contributed by atoms with Crippen LogP contribution in [0, 0.1) is 0 Å². The second-order valence-electron chi connectivity index (χ2n) is 9.20. The molecule has 0 unspecified atom stereocenters. The molecule has 0 saturated heterocycles. The minimum atomic E-state index is -0.892. The summed E-state index contributed by atoms with van der Waals surface area (Å²) in [4.78, 5) is 27.6. The smallest absolute Gasteiger partial charge is 0.326 e. The van der Waals surface area contributed by atoms with Gasteiger partial charge in [0.05, 0.1) is 12.1 Å². The maximum Gasteiger partial charge on any atom is 0.326 e. The van der Waals surface area contributed by atoms with E-state index in [4.69, 9.17) is 9.72 Å². The van der Waals surface area contributed by atoms with Crippen LogP contribution in [-0.4, -0.2) is 76.9 Å². The molecule has 4 rings (SSSR count). The number of aliphatic carboxylic acids is 1. The Balaban J connectivity index is 0.00000253. The van der Waals surface area contributed by atoms with Crippen LogP contribution in [0.5, 0.6) is 0 Å². The lowest BCUT2D eigenvalue weighted by molar-refractivity contribution is -0.138. The van der Waals surface area contributed by atoms with Gasteiger partial charge in [-0.15, -0.1) is 24.8 Å². The lowest BCUT2D eigenvalue weighted by Crippen LogP contribution is -2.37. The molecule has 3 N–H and O–H groups in total. The van der Waals surface area contributed by atoms with Crippen molar-refractivity contribution in [2.24, 2.45) is 0 Å². The summed E-state index contributed by atoms with van der Waals surface area (Å²) in [6.45, 7) is 3.91. The molecule has 1 aliphatic rings. The van der Waals surface area contributed by atoms with Gasteiger partial charge in [-0.3, -0.25) is 0 Å². The number of anilines is 2. The van der Waals surface area contributed by atoms with Gasteiger partial charge in [0, 0.05) is 37.8 Å². The first-order chi connectivity index (χ1) is 17.6. The number of halogens is 2. The number of nitrogens with one attached hydrogen (secondary N) is 2. The molecule has 1 aromatic carbocycles. The number of benzene rings is 1. The predicted octanol–water partition coefficient (Wildman–Crippen LogP) is 4.45. The van der Waals surface area contributed by atoms with Crippen molar-refractivity contribution in [2.75, 3.05) is 50.5 Å². The molecule has 0 saturated carbocycles. The molecular formula is C27H38Cl2N6O3. The molecular weight excluding hydrogens is 527 g/mol. The Hall–Kier alpha value is -2.72. The molecule has 3 aromatic rings. The molecule has 1 atom stereocenters. The number of methoxy groups -OCH3 is 1. The molecule has 1 aliphatic heterocycles. The van der Waals surface area contributed by atoms with Gasteiger partial charge in [0.2, 0.25) is 0 Å². The number of hydrogen-bond acceptors (Lipinski definition) is 8. The normalized spacial score (nSPS) is 13.1. The Kier molecular flexibility index (Phi) is 13.5. The third-order valence-electron chi connectivity index (χ3n) is 6.61. The lowest BCUT2D eigenvalue weighted by Gasteiger charge is -2.24. The van der Waals surface area contributed by atoms with Crippen LogP contribution in [0.25, 0.3) is 10.9 Å². The minimum Gasteiger partial charge on any atom is -0.480 e. The van der Waals surface area contributed by atoms with Gasteiger partial charge in [-0.1, -0.05) is 18.2 Å². The first kappa shape index (κ1) is 31.5. The maximum atomic E-state index is 12.0. The van der Waals surface area contributed by atoms with E-state index in [9.17, 15) is 9.90 Å². The van der Waals surface area contributed by atoms with E-state index in [0.29, 0.717) is 25.4 Å². The number of ether oxygens (including phenoxy) is 1. The van der Waals surface area contributed by atoms with Gasteiger partial charge < -0.3 is 25.4 Å². The van der Waals surface area contributed by atoms with Crippen LogP contribution < -0.4 is 10.6 Å². The number of rotatable bonds is 14. The quantitative estimate of drug-likeness (QED) is 0.244.